The Morgan fingerprint density at radius 2 is 1.56 bits per heavy atom. The number of rotatable bonds is 10. The number of nitrogens with zero attached hydrogens (tertiary/aromatic N) is 1. The molecule has 0 saturated carbocycles. The topological polar surface area (TPSA) is 21.7 Å². The number of hydrogen-bond acceptors (Lipinski definition) is 3. The fourth-order valence-electron chi connectivity index (χ4n) is 3.63. The van der Waals surface area contributed by atoms with E-state index in [9.17, 15) is 0 Å². The van der Waals surface area contributed by atoms with Gasteiger partial charge in [0.15, 0.2) is 0 Å². The van der Waals surface area contributed by atoms with Crippen molar-refractivity contribution in [3.8, 4) is 16.9 Å². The molecule has 0 unspecified atom stereocenters. The Labute approximate surface area is 164 Å². The van der Waals surface area contributed by atoms with E-state index in [1.54, 1.807) is 0 Å². The van der Waals surface area contributed by atoms with Crippen molar-refractivity contribution in [1.29, 1.82) is 0 Å². The zero-order valence-corrected chi connectivity index (χ0v) is 16.6. The van der Waals surface area contributed by atoms with Crippen molar-refractivity contribution in [1.82, 2.24) is 4.90 Å². The second kappa shape index (κ2) is 11.1. The maximum absolute atomic E-state index is 6.02. The lowest BCUT2D eigenvalue weighted by atomic mass is 10.1. The van der Waals surface area contributed by atoms with Gasteiger partial charge in [0, 0.05) is 13.1 Å². The molecule has 1 saturated heterocycles. The van der Waals surface area contributed by atoms with Crippen LogP contribution in [-0.2, 0) is 4.74 Å². The van der Waals surface area contributed by atoms with E-state index in [2.05, 4.69) is 48.2 Å². The van der Waals surface area contributed by atoms with E-state index in [-0.39, 0.29) is 0 Å². The van der Waals surface area contributed by atoms with Crippen LogP contribution in [-0.4, -0.2) is 43.9 Å². The van der Waals surface area contributed by atoms with Gasteiger partial charge in [-0.05, 0) is 49.1 Å². The molecule has 3 heteroatoms. The molecule has 146 valence electrons. The fraction of sp³-hybridized carbons (Fsp3) is 0.500. The molecular formula is C24H33NO2. The van der Waals surface area contributed by atoms with Crippen LogP contribution in [0.25, 0.3) is 11.1 Å². The van der Waals surface area contributed by atoms with Gasteiger partial charge in [0.1, 0.15) is 12.4 Å². The normalized spacial score (nSPS) is 15.7. The zero-order valence-electron chi connectivity index (χ0n) is 16.6. The smallest absolute Gasteiger partial charge is 0.119 e. The lowest BCUT2D eigenvalue weighted by Gasteiger charge is -2.31. The van der Waals surface area contributed by atoms with Crippen LogP contribution in [0.5, 0.6) is 5.75 Å². The Bertz CT molecular complexity index is 633. The summed E-state index contributed by atoms with van der Waals surface area (Å²) >= 11 is 0. The lowest BCUT2D eigenvalue weighted by molar-refractivity contribution is -0.00458. The largest absolute Gasteiger partial charge is 0.491 e. The quantitative estimate of drug-likeness (QED) is 0.525. The molecule has 2 aromatic rings. The van der Waals surface area contributed by atoms with Crippen LogP contribution in [0.15, 0.2) is 54.6 Å². The summed E-state index contributed by atoms with van der Waals surface area (Å²) in [5, 5.41) is 0. The fourth-order valence-corrected chi connectivity index (χ4v) is 3.63. The van der Waals surface area contributed by atoms with Gasteiger partial charge in [0.05, 0.1) is 12.7 Å². The highest BCUT2D eigenvalue weighted by atomic mass is 16.5. The second-order valence-electron chi connectivity index (χ2n) is 7.36. The maximum atomic E-state index is 6.02. The molecule has 0 amide bonds. The summed E-state index contributed by atoms with van der Waals surface area (Å²) in [5.41, 5.74) is 2.44. The van der Waals surface area contributed by atoms with Crippen LogP contribution in [0, 0.1) is 0 Å². The highest BCUT2D eigenvalue weighted by Crippen LogP contribution is 2.22. The van der Waals surface area contributed by atoms with Gasteiger partial charge >= 0.3 is 0 Å². The van der Waals surface area contributed by atoms with Crippen LogP contribution >= 0.6 is 0 Å². The summed E-state index contributed by atoms with van der Waals surface area (Å²) in [6.45, 7) is 7.15. The summed E-state index contributed by atoms with van der Waals surface area (Å²) < 4.78 is 11.9. The number of ether oxygens (including phenoxy) is 2. The molecule has 3 nitrogen and oxygen atoms in total. The van der Waals surface area contributed by atoms with Crippen molar-refractivity contribution in [3.05, 3.63) is 54.6 Å². The van der Waals surface area contributed by atoms with E-state index >= 15 is 0 Å². The molecule has 0 aliphatic carbocycles. The maximum Gasteiger partial charge on any atom is 0.119 e. The van der Waals surface area contributed by atoms with Crippen molar-refractivity contribution >= 4 is 0 Å². The molecule has 0 N–H and O–H groups in total. The molecule has 0 spiro atoms. The summed E-state index contributed by atoms with van der Waals surface area (Å²) in [5.74, 6) is 0.907. The van der Waals surface area contributed by atoms with Gasteiger partial charge < -0.3 is 14.4 Å². The summed E-state index contributed by atoms with van der Waals surface area (Å²) in [7, 11) is 0. The predicted octanol–water partition coefficient (Wildman–Crippen LogP) is 5.40. The van der Waals surface area contributed by atoms with Gasteiger partial charge in [-0.3, -0.25) is 0 Å². The minimum absolute atomic E-state index is 0.400. The van der Waals surface area contributed by atoms with E-state index < -0.39 is 0 Å². The van der Waals surface area contributed by atoms with Crippen LogP contribution in [0.1, 0.15) is 39.0 Å². The Kier molecular flexibility index (Phi) is 8.19. The molecule has 1 aliphatic rings. The first-order valence-corrected chi connectivity index (χ1v) is 10.5. The predicted molar refractivity (Wildman–Crippen MR) is 112 cm³/mol. The molecule has 0 aromatic heterocycles. The Hall–Kier alpha value is -1.84. The highest BCUT2D eigenvalue weighted by Gasteiger charge is 2.18. The molecule has 1 fully saturated rings. The van der Waals surface area contributed by atoms with E-state index in [0.717, 1.165) is 18.6 Å². The molecule has 0 bridgehead atoms. The average molecular weight is 368 g/mol. The zero-order chi connectivity index (χ0) is 18.7. The first kappa shape index (κ1) is 19.9. The number of piperidine rings is 1. The lowest BCUT2D eigenvalue weighted by Crippen LogP contribution is -2.38. The molecule has 3 rings (SSSR count). The standard InChI is InChI=1S/C24H33NO2/c1-2-3-7-16-25-17-14-24(15-18-25)27-20-19-26-23-12-10-22(11-13-23)21-8-5-4-6-9-21/h4-6,8-13,24H,2-3,7,14-20H2,1H3. The minimum Gasteiger partial charge on any atom is -0.491 e. The van der Waals surface area contributed by atoms with Gasteiger partial charge in [-0.2, -0.15) is 0 Å². The van der Waals surface area contributed by atoms with Gasteiger partial charge in [0.2, 0.25) is 0 Å². The van der Waals surface area contributed by atoms with Crippen molar-refractivity contribution in [3.63, 3.8) is 0 Å². The van der Waals surface area contributed by atoms with Gasteiger partial charge in [-0.1, -0.05) is 62.2 Å². The van der Waals surface area contributed by atoms with Crippen LogP contribution in [0.3, 0.4) is 0 Å². The third-order valence-electron chi connectivity index (χ3n) is 5.28. The Morgan fingerprint density at radius 3 is 2.26 bits per heavy atom. The third-order valence-corrected chi connectivity index (χ3v) is 5.28. The van der Waals surface area contributed by atoms with Gasteiger partial charge in [-0.15, -0.1) is 0 Å². The number of benzene rings is 2. The van der Waals surface area contributed by atoms with E-state index in [1.165, 1.54) is 50.0 Å². The monoisotopic (exact) mass is 367 g/mol. The van der Waals surface area contributed by atoms with Crippen molar-refractivity contribution in [2.75, 3.05) is 32.8 Å². The summed E-state index contributed by atoms with van der Waals surface area (Å²) in [6, 6.07) is 18.7. The third kappa shape index (κ3) is 6.67. The first-order chi connectivity index (χ1) is 13.3. The molecule has 27 heavy (non-hydrogen) atoms. The van der Waals surface area contributed by atoms with Crippen molar-refractivity contribution < 1.29 is 9.47 Å². The molecule has 0 atom stereocenters. The average Bonchev–Trinajstić information content (AvgIpc) is 2.73. The van der Waals surface area contributed by atoms with Gasteiger partial charge in [0.25, 0.3) is 0 Å². The Morgan fingerprint density at radius 1 is 0.852 bits per heavy atom. The molecule has 1 aliphatic heterocycles. The number of unbranched alkanes of at least 4 members (excludes halogenated alkanes) is 2. The second-order valence-corrected chi connectivity index (χ2v) is 7.36. The summed E-state index contributed by atoms with van der Waals surface area (Å²) in [4.78, 5) is 2.58. The molecule has 1 heterocycles. The van der Waals surface area contributed by atoms with E-state index in [4.69, 9.17) is 9.47 Å². The molecular weight excluding hydrogens is 334 g/mol. The van der Waals surface area contributed by atoms with E-state index in [0.29, 0.717) is 19.3 Å². The van der Waals surface area contributed by atoms with Crippen LogP contribution in [0.2, 0.25) is 0 Å². The van der Waals surface area contributed by atoms with Gasteiger partial charge in [-0.25, -0.2) is 0 Å². The number of hydrogen-bond donors (Lipinski definition) is 0. The van der Waals surface area contributed by atoms with Crippen molar-refractivity contribution in [2.45, 2.75) is 45.1 Å². The number of likely N-dealkylation sites (tertiary alicyclic amines) is 1. The van der Waals surface area contributed by atoms with Crippen molar-refractivity contribution in [2.24, 2.45) is 0 Å². The van der Waals surface area contributed by atoms with E-state index in [1.807, 2.05) is 18.2 Å². The molecule has 0 radical (unpaired) electrons. The summed E-state index contributed by atoms with van der Waals surface area (Å²) in [6.07, 6.45) is 6.68. The SMILES string of the molecule is CCCCCN1CCC(OCCOc2ccc(-c3ccccc3)cc2)CC1. The molecule has 2 aromatic carbocycles. The first-order valence-electron chi connectivity index (χ1n) is 10.5. The van der Waals surface area contributed by atoms with Crippen LogP contribution < -0.4 is 4.74 Å². The minimum atomic E-state index is 0.400. The highest BCUT2D eigenvalue weighted by molar-refractivity contribution is 5.63. The Balaban J connectivity index is 1.30. The van der Waals surface area contributed by atoms with Crippen LogP contribution in [0.4, 0.5) is 0 Å².